The first-order chi connectivity index (χ1) is 8.70. The van der Waals surface area contributed by atoms with Crippen molar-refractivity contribution in [1.29, 1.82) is 0 Å². The summed E-state index contributed by atoms with van der Waals surface area (Å²) in [4.78, 5) is 15.7. The maximum absolute atomic E-state index is 11.5. The Morgan fingerprint density at radius 2 is 2.28 bits per heavy atom. The number of ether oxygens (including phenoxy) is 1. The van der Waals surface area contributed by atoms with E-state index in [0.717, 1.165) is 6.54 Å². The van der Waals surface area contributed by atoms with Gasteiger partial charge in [-0.3, -0.25) is 0 Å². The van der Waals surface area contributed by atoms with Gasteiger partial charge < -0.3 is 15.8 Å². The van der Waals surface area contributed by atoms with Crippen LogP contribution in [0.5, 0.6) is 0 Å². The largest absolute Gasteiger partial charge is 0.465 e. The molecule has 2 rings (SSSR count). The molecule has 1 aromatic rings. The molecule has 98 valence electrons. The monoisotopic (exact) mass is 249 g/mol. The number of rotatable bonds is 4. The fourth-order valence-electron chi connectivity index (χ4n) is 2.31. The van der Waals surface area contributed by atoms with E-state index in [1.54, 1.807) is 6.07 Å². The average molecular weight is 249 g/mol. The second-order valence-corrected chi connectivity index (χ2v) is 4.68. The van der Waals surface area contributed by atoms with Gasteiger partial charge in [0.05, 0.1) is 24.6 Å². The zero-order valence-electron chi connectivity index (χ0n) is 10.6. The van der Waals surface area contributed by atoms with Crippen LogP contribution in [0.3, 0.4) is 0 Å². The van der Waals surface area contributed by atoms with Crippen LogP contribution in [0.2, 0.25) is 0 Å². The minimum atomic E-state index is -0.432. The summed E-state index contributed by atoms with van der Waals surface area (Å²) in [7, 11) is 1.34. The molecule has 1 heterocycles. The maximum Gasteiger partial charge on any atom is 0.340 e. The molecule has 0 saturated heterocycles. The van der Waals surface area contributed by atoms with E-state index in [2.05, 4.69) is 15.0 Å². The summed E-state index contributed by atoms with van der Waals surface area (Å²) >= 11 is 0. The SMILES string of the molecule is COC(=O)c1cc(NCC2CCCC2)ncc1N. The number of anilines is 2. The second kappa shape index (κ2) is 5.71. The summed E-state index contributed by atoms with van der Waals surface area (Å²) in [6, 6.07) is 1.65. The van der Waals surface area contributed by atoms with Gasteiger partial charge in [-0.25, -0.2) is 9.78 Å². The van der Waals surface area contributed by atoms with E-state index in [1.165, 1.54) is 39.0 Å². The Labute approximate surface area is 107 Å². The molecule has 5 nitrogen and oxygen atoms in total. The van der Waals surface area contributed by atoms with E-state index in [4.69, 9.17) is 5.73 Å². The van der Waals surface area contributed by atoms with E-state index in [-0.39, 0.29) is 0 Å². The van der Waals surface area contributed by atoms with Crippen molar-refractivity contribution in [1.82, 2.24) is 4.98 Å². The molecule has 0 atom stereocenters. The highest BCUT2D eigenvalue weighted by Crippen LogP contribution is 2.25. The molecule has 1 aliphatic carbocycles. The van der Waals surface area contributed by atoms with Crippen LogP contribution in [0.1, 0.15) is 36.0 Å². The van der Waals surface area contributed by atoms with Crippen LogP contribution in [0, 0.1) is 5.92 Å². The molecule has 0 unspecified atom stereocenters. The quantitative estimate of drug-likeness (QED) is 0.799. The lowest BCUT2D eigenvalue weighted by atomic mass is 10.1. The van der Waals surface area contributed by atoms with E-state index >= 15 is 0 Å². The van der Waals surface area contributed by atoms with Crippen LogP contribution < -0.4 is 11.1 Å². The minimum absolute atomic E-state index is 0.341. The van der Waals surface area contributed by atoms with Crippen molar-refractivity contribution in [3.63, 3.8) is 0 Å². The first kappa shape index (κ1) is 12.7. The molecule has 1 fully saturated rings. The predicted molar refractivity (Wildman–Crippen MR) is 70.4 cm³/mol. The molecule has 0 aliphatic heterocycles. The van der Waals surface area contributed by atoms with Gasteiger partial charge in [0.1, 0.15) is 5.82 Å². The average Bonchev–Trinajstić information content (AvgIpc) is 2.90. The Hall–Kier alpha value is -1.78. The second-order valence-electron chi connectivity index (χ2n) is 4.68. The fourth-order valence-corrected chi connectivity index (χ4v) is 2.31. The summed E-state index contributed by atoms with van der Waals surface area (Å²) in [6.07, 6.45) is 6.66. The fraction of sp³-hybridized carbons (Fsp3) is 0.538. The summed E-state index contributed by atoms with van der Waals surface area (Å²) in [6.45, 7) is 0.900. The Kier molecular flexibility index (Phi) is 4.02. The van der Waals surface area contributed by atoms with Crippen LogP contribution in [0.15, 0.2) is 12.3 Å². The summed E-state index contributed by atoms with van der Waals surface area (Å²) in [5.74, 6) is 0.959. The summed E-state index contributed by atoms with van der Waals surface area (Å²) < 4.78 is 4.68. The van der Waals surface area contributed by atoms with Crippen LogP contribution in [-0.2, 0) is 4.74 Å². The number of hydrogen-bond acceptors (Lipinski definition) is 5. The van der Waals surface area contributed by atoms with Gasteiger partial charge in [0.2, 0.25) is 0 Å². The number of carbonyl (C=O) groups excluding carboxylic acids is 1. The van der Waals surface area contributed by atoms with Crippen molar-refractivity contribution < 1.29 is 9.53 Å². The van der Waals surface area contributed by atoms with Crippen LogP contribution >= 0.6 is 0 Å². The third-order valence-electron chi connectivity index (χ3n) is 3.39. The first-order valence-electron chi connectivity index (χ1n) is 6.28. The molecular weight excluding hydrogens is 230 g/mol. The van der Waals surface area contributed by atoms with Gasteiger partial charge in [0.15, 0.2) is 0 Å². The normalized spacial score (nSPS) is 15.6. The Morgan fingerprint density at radius 1 is 1.56 bits per heavy atom. The molecule has 5 heteroatoms. The number of nitrogen functional groups attached to an aromatic ring is 1. The lowest BCUT2D eigenvalue weighted by molar-refractivity contribution is 0.0602. The van der Waals surface area contributed by atoms with Crippen LogP contribution in [0.25, 0.3) is 0 Å². The molecular formula is C13H19N3O2. The molecule has 3 N–H and O–H groups in total. The van der Waals surface area contributed by atoms with Crippen molar-refractivity contribution in [3.05, 3.63) is 17.8 Å². The molecule has 0 bridgehead atoms. The number of nitrogens with one attached hydrogen (secondary N) is 1. The molecule has 0 spiro atoms. The van der Waals surface area contributed by atoms with Crippen LogP contribution in [-0.4, -0.2) is 24.6 Å². The standard InChI is InChI=1S/C13H19N3O2/c1-18-13(17)10-6-12(16-8-11(10)14)15-7-9-4-2-3-5-9/h6,8-9H,2-5,7,14H2,1H3,(H,15,16). The molecule has 0 aromatic carbocycles. The highest BCUT2D eigenvalue weighted by atomic mass is 16.5. The molecule has 18 heavy (non-hydrogen) atoms. The van der Waals surface area contributed by atoms with Crippen molar-refractivity contribution in [2.24, 2.45) is 5.92 Å². The Bertz CT molecular complexity index is 428. The summed E-state index contributed by atoms with van der Waals surface area (Å²) in [5, 5.41) is 3.26. The van der Waals surface area contributed by atoms with Crippen molar-refractivity contribution in [2.45, 2.75) is 25.7 Å². The van der Waals surface area contributed by atoms with Gasteiger partial charge in [-0.1, -0.05) is 12.8 Å². The number of aromatic nitrogens is 1. The number of methoxy groups -OCH3 is 1. The topological polar surface area (TPSA) is 77.2 Å². The number of carbonyl (C=O) groups is 1. The van der Waals surface area contributed by atoms with Gasteiger partial charge >= 0.3 is 5.97 Å². The maximum atomic E-state index is 11.5. The van der Waals surface area contributed by atoms with E-state index in [9.17, 15) is 4.79 Å². The lowest BCUT2D eigenvalue weighted by Crippen LogP contribution is -2.13. The zero-order valence-corrected chi connectivity index (χ0v) is 10.6. The predicted octanol–water partition coefficient (Wildman–Crippen LogP) is 2.05. The highest BCUT2D eigenvalue weighted by molar-refractivity contribution is 5.95. The number of hydrogen-bond donors (Lipinski definition) is 2. The van der Waals surface area contributed by atoms with Gasteiger partial charge in [0.25, 0.3) is 0 Å². The van der Waals surface area contributed by atoms with Gasteiger partial charge in [-0.15, -0.1) is 0 Å². The number of nitrogens with two attached hydrogens (primary N) is 1. The third kappa shape index (κ3) is 2.91. The van der Waals surface area contributed by atoms with E-state index in [1.807, 2.05) is 0 Å². The van der Waals surface area contributed by atoms with Gasteiger partial charge in [-0.2, -0.15) is 0 Å². The number of pyridine rings is 1. The lowest BCUT2D eigenvalue weighted by Gasteiger charge is -2.12. The Morgan fingerprint density at radius 3 is 2.94 bits per heavy atom. The van der Waals surface area contributed by atoms with E-state index < -0.39 is 5.97 Å². The molecule has 1 aliphatic rings. The van der Waals surface area contributed by atoms with Crippen molar-refractivity contribution in [2.75, 3.05) is 24.7 Å². The van der Waals surface area contributed by atoms with E-state index in [0.29, 0.717) is 23.0 Å². The zero-order chi connectivity index (χ0) is 13.0. The van der Waals surface area contributed by atoms with Gasteiger partial charge in [-0.05, 0) is 24.8 Å². The number of nitrogens with zero attached hydrogens (tertiary/aromatic N) is 1. The first-order valence-corrected chi connectivity index (χ1v) is 6.28. The van der Waals surface area contributed by atoms with Gasteiger partial charge in [0, 0.05) is 6.54 Å². The molecule has 0 radical (unpaired) electrons. The number of esters is 1. The molecule has 1 saturated carbocycles. The molecule has 1 aromatic heterocycles. The summed E-state index contributed by atoms with van der Waals surface area (Å²) in [5.41, 5.74) is 6.40. The Balaban J connectivity index is 2.02. The smallest absolute Gasteiger partial charge is 0.340 e. The highest BCUT2D eigenvalue weighted by Gasteiger charge is 2.16. The van der Waals surface area contributed by atoms with Crippen molar-refractivity contribution >= 4 is 17.5 Å². The minimum Gasteiger partial charge on any atom is -0.465 e. The van der Waals surface area contributed by atoms with Crippen LogP contribution in [0.4, 0.5) is 11.5 Å². The molecule has 0 amide bonds. The van der Waals surface area contributed by atoms with Crippen molar-refractivity contribution in [3.8, 4) is 0 Å². The third-order valence-corrected chi connectivity index (χ3v) is 3.39.